The Morgan fingerprint density at radius 3 is 3.03 bits per heavy atom. The van der Waals surface area contributed by atoms with Crippen LogP contribution >= 0.6 is 11.6 Å². The van der Waals surface area contributed by atoms with Crippen molar-refractivity contribution in [2.24, 2.45) is 0 Å². The Balaban J connectivity index is 1.34. The van der Waals surface area contributed by atoms with E-state index in [4.69, 9.17) is 11.6 Å². The number of hydrogen-bond acceptors (Lipinski definition) is 5. The van der Waals surface area contributed by atoms with Crippen LogP contribution in [0.4, 0.5) is 5.82 Å². The van der Waals surface area contributed by atoms with E-state index in [0.29, 0.717) is 29.8 Å². The van der Waals surface area contributed by atoms with Gasteiger partial charge < -0.3 is 20.9 Å². The highest BCUT2D eigenvalue weighted by Gasteiger charge is 2.14. The number of aromatic amines is 1. The molecule has 0 radical (unpaired) electrons. The van der Waals surface area contributed by atoms with Crippen molar-refractivity contribution in [3.63, 3.8) is 0 Å². The quantitative estimate of drug-likeness (QED) is 0.417. The Kier molecular flexibility index (Phi) is 7.12. The predicted octanol–water partition coefficient (Wildman–Crippen LogP) is 2.95. The molecular weight excluding hydrogens is 428 g/mol. The van der Waals surface area contributed by atoms with Crippen molar-refractivity contribution < 1.29 is 4.79 Å². The smallest absolute Gasteiger partial charge is 0.293 e. The largest absolute Gasteiger partial charge is 0.365 e. The molecule has 1 saturated heterocycles. The van der Waals surface area contributed by atoms with Crippen LogP contribution < -0.4 is 21.5 Å². The van der Waals surface area contributed by atoms with E-state index in [1.165, 1.54) is 17.4 Å². The van der Waals surface area contributed by atoms with Crippen LogP contribution in [0.15, 0.2) is 35.4 Å². The van der Waals surface area contributed by atoms with Crippen LogP contribution in [-0.2, 0) is 17.9 Å². The minimum Gasteiger partial charge on any atom is -0.365 e. The molecule has 1 atom stereocenters. The Morgan fingerprint density at radius 2 is 2.22 bits per heavy atom. The van der Waals surface area contributed by atoms with Crippen LogP contribution in [0.1, 0.15) is 36.9 Å². The molecule has 3 heterocycles. The van der Waals surface area contributed by atoms with Crippen molar-refractivity contribution in [1.82, 2.24) is 25.2 Å². The standard InChI is InChI=1S/C23H29ClN6O2/c1-15-11-29-22(26-9-7-17-4-2-3-8-25-17)23(32)30(15)14-21(31)28-12-16-5-6-20-18(10-16)19(24)13-27-20/h5-6,10-11,13,17,25,27H,2-4,7-9,12,14H2,1H3,(H,26,29)(H,28,31). The third kappa shape index (κ3) is 5.31. The summed E-state index contributed by atoms with van der Waals surface area (Å²) in [5.74, 6) is 0.0470. The third-order valence-corrected chi connectivity index (χ3v) is 6.25. The van der Waals surface area contributed by atoms with Crippen LogP contribution in [0.2, 0.25) is 5.02 Å². The van der Waals surface area contributed by atoms with Crippen molar-refractivity contribution in [2.45, 2.75) is 51.7 Å². The fourth-order valence-electron chi connectivity index (χ4n) is 4.07. The zero-order valence-electron chi connectivity index (χ0n) is 18.2. The lowest BCUT2D eigenvalue weighted by Crippen LogP contribution is -2.36. The van der Waals surface area contributed by atoms with Gasteiger partial charge in [0.25, 0.3) is 5.56 Å². The summed E-state index contributed by atoms with van der Waals surface area (Å²) in [5.41, 5.74) is 2.25. The first kappa shape index (κ1) is 22.4. The molecule has 0 spiro atoms. The van der Waals surface area contributed by atoms with Crippen molar-refractivity contribution in [2.75, 3.05) is 18.4 Å². The summed E-state index contributed by atoms with van der Waals surface area (Å²) in [7, 11) is 0. The van der Waals surface area contributed by atoms with Crippen molar-refractivity contribution in [3.8, 4) is 0 Å². The van der Waals surface area contributed by atoms with Crippen LogP contribution in [-0.4, -0.2) is 39.6 Å². The molecule has 8 nitrogen and oxygen atoms in total. The lowest BCUT2D eigenvalue weighted by Gasteiger charge is -2.23. The molecule has 9 heteroatoms. The molecule has 2 aromatic heterocycles. The monoisotopic (exact) mass is 456 g/mol. The number of aromatic nitrogens is 3. The SMILES string of the molecule is Cc1cnc(NCCC2CCCCN2)c(=O)n1CC(=O)NCc1ccc2[nH]cc(Cl)c2c1. The number of aryl methyl sites for hydroxylation is 1. The second kappa shape index (κ2) is 10.2. The van der Waals surface area contributed by atoms with Gasteiger partial charge in [0.1, 0.15) is 6.54 Å². The minimum atomic E-state index is -0.280. The molecule has 3 aromatic rings. The second-order valence-corrected chi connectivity index (χ2v) is 8.70. The average molecular weight is 457 g/mol. The average Bonchev–Trinajstić information content (AvgIpc) is 3.17. The molecule has 0 aliphatic carbocycles. The number of halogens is 1. The van der Waals surface area contributed by atoms with E-state index in [2.05, 4.69) is 25.9 Å². The van der Waals surface area contributed by atoms with Gasteiger partial charge in [0.05, 0.1) is 5.02 Å². The first-order chi connectivity index (χ1) is 15.5. The fourth-order valence-corrected chi connectivity index (χ4v) is 4.28. The van der Waals surface area contributed by atoms with Gasteiger partial charge >= 0.3 is 0 Å². The van der Waals surface area contributed by atoms with Gasteiger partial charge in [0.15, 0.2) is 5.82 Å². The Hall–Kier alpha value is -2.84. The number of fused-ring (bicyclic) bond motifs is 1. The maximum absolute atomic E-state index is 12.9. The molecule has 32 heavy (non-hydrogen) atoms. The Bertz CT molecular complexity index is 1150. The fraction of sp³-hybridized carbons (Fsp3) is 0.435. The lowest BCUT2D eigenvalue weighted by atomic mass is 10.0. The van der Waals surface area contributed by atoms with E-state index >= 15 is 0 Å². The lowest BCUT2D eigenvalue weighted by molar-refractivity contribution is -0.121. The first-order valence-corrected chi connectivity index (χ1v) is 11.4. The number of H-pyrrole nitrogens is 1. The number of hydrogen-bond donors (Lipinski definition) is 4. The summed E-state index contributed by atoms with van der Waals surface area (Å²) < 4.78 is 1.45. The van der Waals surface area contributed by atoms with E-state index in [1.54, 1.807) is 19.3 Å². The maximum atomic E-state index is 12.9. The highest BCUT2D eigenvalue weighted by Crippen LogP contribution is 2.23. The van der Waals surface area contributed by atoms with E-state index in [0.717, 1.165) is 35.9 Å². The molecular formula is C23H29ClN6O2. The van der Waals surface area contributed by atoms with Crippen LogP contribution in [0.3, 0.4) is 0 Å². The highest BCUT2D eigenvalue weighted by atomic mass is 35.5. The third-order valence-electron chi connectivity index (χ3n) is 5.94. The number of piperidine rings is 1. The Labute approximate surface area is 191 Å². The number of carbonyl (C=O) groups excluding carboxylic acids is 1. The van der Waals surface area contributed by atoms with Crippen molar-refractivity contribution in [3.05, 3.63) is 57.2 Å². The summed E-state index contributed by atoms with van der Waals surface area (Å²) in [4.78, 5) is 32.7. The molecule has 1 unspecified atom stereocenters. The number of amides is 1. The normalized spacial score (nSPS) is 16.2. The highest BCUT2D eigenvalue weighted by molar-refractivity contribution is 6.35. The number of rotatable bonds is 8. The van der Waals surface area contributed by atoms with E-state index in [9.17, 15) is 9.59 Å². The molecule has 1 aromatic carbocycles. The number of benzene rings is 1. The molecule has 0 saturated carbocycles. The maximum Gasteiger partial charge on any atom is 0.293 e. The topological polar surface area (TPSA) is 104 Å². The van der Waals surface area contributed by atoms with Gasteiger partial charge in [-0.05, 0) is 50.4 Å². The summed E-state index contributed by atoms with van der Waals surface area (Å²) in [6.07, 6.45) is 7.93. The van der Waals surface area contributed by atoms with E-state index < -0.39 is 0 Å². The van der Waals surface area contributed by atoms with Gasteiger partial charge in [0, 0.05) is 48.1 Å². The minimum absolute atomic E-state index is 0.0563. The number of nitrogens with one attached hydrogen (secondary N) is 4. The van der Waals surface area contributed by atoms with Gasteiger partial charge in [-0.15, -0.1) is 0 Å². The second-order valence-electron chi connectivity index (χ2n) is 8.30. The number of carbonyl (C=O) groups is 1. The summed E-state index contributed by atoms with van der Waals surface area (Å²) in [5, 5.41) is 11.1. The number of nitrogens with zero attached hydrogens (tertiary/aromatic N) is 2. The molecule has 4 rings (SSSR count). The van der Waals surface area contributed by atoms with Crippen LogP contribution in [0, 0.1) is 6.92 Å². The zero-order chi connectivity index (χ0) is 22.5. The Morgan fingerprint density at radius 1 is 1.34 bits per heavy atom. The molecule has 1 amide bonds. The van der Waals surface area contributed by atoms with Gasteiger partial charge in [-0.1, -0.05) is 24.1 Å². The van der Waals surface area contributed by atoms with Gasteiger partial charge in [0.2, 0.25) is 5.91 Å². The zero-order valence-corrected chi connectivity index (χ0v) is 19.0. The molecule has 4 N–H and O–H groups in total. The predicted molar refractivity (Wildman–Crippen MR) is 127 cm³/mol. The van der Waals surface area contributed by atoms with E-state index in [-0.39, 0.29) is 23.8 Å². The van der Waals surface area contributed by atoms with Crippen molar-refractivity contribution >= 4 is 34.2 Å². The van der Waals surface area contributed by atoms with Crippen LogP contribution in [0.5, 0.6) is 0 Å². The van der Waals surface area contributed by atoms with Gasteiger partial charge in [-0.2, -0.15) is 0 Å². The molecule has 1 fully saturated rings. The van der Waals surface area contributed by atoms with E-state index in [1.807, 2.05) is 18.2 Å². The molecule has 1 aliphatic heterocycles. The summed E-state index contributed by atoms with van der Waals surface area (Å²) >= 11 is 6.17. The summed E-state index contributed by atoms with van der Waals surface area (Å²) in [6.45, 7) is 3.80. The van der Waals surface area contributed by atoms with Crippen molar-refractivity contribution in [1.29, 1.82) is 0 Å². The molecule has 1 aliphatic rings. The van der Waals surface area contributed by atoms with Gasteiger partial charge in [-0.3, -0.25) is 14.2 Å². The number of anilines is 1. The van der Waals surface area contributed by atoms with Crippen LogP contribution in [0.25, 0.3) is 10.9 Å². The summed E-state index contributed by atoms with van der Waals surface area (Å²) in [6, 6.07) is 6.29. The first-order valence-electron chi connectivity index (χ1n) is 11.1. The molecule has 0 bridgehead atoms. The van der Waals surface area contributed by atoms with Gasteiger partial charge in [-0.25, -0.2) is 4.98 Å². The molecule has 170 valence electrons.